The molecule has 1 aliphatic heterocycles. The minimum Gasteiger partial charge on any atom is -0.493 e. The Morgan fingerprint density at radius 2 is 2.04 bits per heavy atom. The Kier molecular flexibility index (Phi) is 5.47. The van der Waals surface area contributed by atoms with E-state index in [0.29, 0.717) is 25.4 Å². The Morgan fingerprint density at radius 3 is 2.67 bits per heavy atom. The number of likely N-dealkylation sites (tertiary alicyclic amines) is 1. The first-order valence-electron chi connectivity index (χ1n) is 8.02. The topological polar surface area (TPSA) is 55.8 Å². The molecular weight excluding hydrogens is 313 g/mol. The van der Waals surface area contributed by atoms with E-state index in [4.69, 9.17) is 4.74 Å². The molecule has 1 aromatic rings. The summed E-state index contributed by atoms with van der Waals surface area (Å²) in [6.07, 6.45) is 0.759. The summed E-state index contributed by atoms with van der Waals surface area (Å²) in [4.78, 5) is 24.6. The van der Waals surface area contributed by atoms with E-state index in [2.05, 4.69) is 4.74 Å². The summed E-state index contributed by atoms with van der Waals surface area (Å²) in [6.45, 7) is 7.39. The molecule has 1 amide bonds. The molecule has 0 spiro atoms. The lowest BCUT2D eigenvalue weighted by Gasteiger charge is -2.23. The number of ether oxygens (including phenoxy) is 2. The van der Waals surface area contributed by atoms with Crippen LogP contribution in [0.25, 0.3) is 0 Å². The van der Waals surface area contributed by atoms with Crippen molar-refractivity contribution >= 4 is 11.9 Å². The van der Waals surface area contributed by atoms with E-state index in [0.717, 1.165) is 12.0 Å². The van der Waals surface area contributed by atoms with Gasteiger partial charge in [-0.2, -0.15) is 0 Å². The molecule has 0 aliphatic carbocycles. The average Bonchev–Trinajstić information content (AvgIpc) is 3.00. The zero-order chi connectivity index (χ0) is 17.9. The lowest BCUT2D eigenvalue weighted by atomic mass is 9.86. The third-order valence-corrected chi connectivity index (χ3v) is 4.16. The number of nitrogens with zero attached hydrogens (tertiary/aromatic N) is 1. The van der Waals surface area contributed by atoms with Crippen molar-refractivity contribution < 1.29 is 23.5 Å². The Hall–Kier alpha value is -2.11. The maximum atomic E-state index is 13.5. The van der Waals surface area contributed by atoms with E-state index >= 15 is 0 Å². The fraction of sp³-hybridized carbons (Fsp3) is 0.556. The molecule has 1 heterocycles. The summed E-state index contributed by atoms with van der Waals surface area (Å²) in [5.41, 5.74) is 0.572. The number of carbonyl (C=O) groups is 2. The van der Waals surface area contributed by atoms with Gasteiger partial charge in [0.05, 0.1) is 13.7 Å². The van der Waals surface area contributed by atoms with E-state index in [1.54, 1.807) is 6.07 Å². The van der Waals surface area contributed by atoms with Gasteiger partial charge in [0.25, 0.3) is 0 Å². The van der Waals surface area contributed by atoms with Crippen LogP contribution >= 0.6 is 0 Å². The van der Waals surface area contributed by atoms with Crippen LogP contribution < -0.4 is 4.74 Å². The van der Waals surface area contributed by atoms with Crippen molar-refractivity contribution in [2.24, 2.45) is 5.92 Å². The molecule has 1 saturated heterocycles. The van der Waals surface area contributed by atoms with Crippen LogP contribution in [0.3, 0.4) is 0 Å². The van der Waals surface area contributed by atoms with Crippen LogP contribution in [0.15, 0.2) is 18.2 Å². The molecule has 1 unspecified atom stereocenters. The van der Waals surface area contributed by atoms with Gasteiger partial charge in [0.15, 0.2) is 0 Å². The van der Waals surface area contributed by atoms with Gasteiger partial charge < -0.3 is 14.4 Å². The van der Waals surface area contributed by atoms with Crippen molar-refractivity contribution in [3.05, 3.63) is 29.6 Å². The van der Waals surface area contributed by atoms with E-state index in [1.807, 2.05) is 20.8 Å². The highest BCUT2D eigenvalue weighted by molar-refractivity contribution is 6.32. The fourth-order valence-corrected chi connectivity index (χ4v) is 2.79. The molecule has 0 radical (unpaired) electrons. The van der Waals surface area contributed by atoms with Crippen molar-refractivity contribution in [1.82, 2.24) is 4.90 Å². The number of benzene rings is 1. The third-order valence-electron chi connectivity index (χ3n) is 4.16. The number of rotatable bonds is 3. The molecule has 132 valence electrons. The van der Waals surface area contributed by atoms with E-state index < -0.39 is 11.9 Å². The highest BCUT2D eigenvalue weighted by Gasteiger charge is 2.31. The van der Waals surface area contributed by atoms with Gasteiger partial charge in [0.1, 0.15) is 11.6 Å². The van der Waals surface area contributed by atoms with Gasteiger partial charge in [-0.05, 0) is 30.0 Å². The second kappa shape index (κ2) is 7.20. The molecule has 24 heavy (non-hydrogen) atoms. The maximum Gasteiger partial charge on any atom is 0.396 e. The summed E-state index contributed by atoms with van der Waals surface area (Å²) in [5, 5.41) is 0. The zero-order valence-corrected chi connectivity index (χ0v) is 14.6. The predicted molar refractivity (Wildman–Crippen MR) is 87.3 cm³/mol. The lowest BCUT2D eigenvalue weighted by molar-refractivity contribution is -0.157. The lowest BCUT2D eigenvalue weighted by Crippen LogP contribution is -2.35. The Morgan fingerprint density at radius 1 is 1.33 bits per heavy atom. The first kappa shape index (κ1) is 18.2. The highest BCUT2D eigenvalue weighted by Crippen LogP contribution is 2.32. The van der Waals surface area contributed by atoms with Gasteiger partial charge >= 0.3 is 11.9 Å². The second-order valence-corrected chi connectivity index (χ2v) is 7.10. The number of carbonyl (C=O) groups excluding carboxylic acids is 2. The van der Waals surface area contributed by atoms with Crippen molar-refractivity contribution in [1.29, 1.82) is 0 Å². The molecule has 1 fully saturated rings. The molecule has 0 N–H and O–H groups in total. The Labute approximate surface area is 141 Å². The van der Waals surface area contributed by atoms with Crippen molar-refractivity contribution in [2.45, 2.75) is 32.6 Å². The molecule has 1 atom stereocenters. The summed E-state index contributed by atoms with van der Waals surface area (Å²) >= 11 is 0. The summed E-state index contributed by atoms with van der Waals surface area (Å²) in [5.74, 6) is -0.955. The number of amides is 1. The third kappa shape index (κ3) is 4.24. The van der Waals surface area contributed by atoms with Gasteiger partial charge in [-0.25, -0.2) is 9.18 Å². The van der Waals surface area contributed by atoms with Crippen LogP contribution in [0.4, 0.5) is 4.39 Å². The Balaban J connectivity index is 1.98. The normalized spacial score (nSPS) is 17.7. The fourth-order valence-electron chi connectivity index (χ4n) is 2.79. The second-order valence-electron chi connectivity index (χ2n) is 7.10. The summed E-state index contributed by atoms with van der Waals surface area (Å²) in [7, 11) is 1.19. The molecule has 2 rings (SSSR count). The molecular formula is C18H24FNO4. The average molecular weight is 337 g/mol. The number of hydrogen-bond donors (Lipinski definition) is 0. The molecule has 5 nitrogen and oxygen atoms in total. The van der Waals surface area contributed by atoms with Crippen LogP contribution in [0, 0.1) is 11.7 Å². The molecule has 0 bridgehead atoms. The van der Waals surface area contributed by atoms with Crippen LogP contribution in [-0.2, 0) is 19.7 Å². The highest BCUT2D eigenvalue weighted by atomic mass is 19.1. The van der Waals surface area contributed by atoms with E-state index in [1.165, 1.54) is 24.1 Å². The molecule has 0 saturated carbocycles. The van der Waals surface area contributed by atoms with E-state index in [-0.39, 0.29) is 17.2 Å². The summed E-state index contributed by atoms with van der Waals surface area (Å²) < 4.78 is 23.9. The number of methoxy groups -OCH3 is 1. The molecule has 0 aromatic heterocycles. The SMILES string of the molecule is COC(=O)C(=O)N1CCC(COc2ccc(F)cc2C(C)(C)C)C1. The van der Waals surface area contributed by atoms with Gasteiger partial charge in [-0.15, -0.1) is 0 Å². The molecule has 1 aliphatic rings. The van der Waals surface area contributed by atoms with Gasteiger partial charge in [0.2, 0.25) is 0 Å². The maximum absolute atomic E-state index is 13.5. The minimum absolute atomic E-state index is 0.136. The minimum atomic E-state index is -0.842. The quantitative estimate of drug-likeness (QED) is 0.628. The first-order chi connectivity index (χ1) is 11.2. The summed E-state index contributed by atoms with van der Waals surface area (Å²) in [6, 6.07) is 4.52. The van der Waals surface area contributed by atoms with Gasteiger partial charge in [-0.3, -0.25) is 4.79 Å². The number of esters is 1. The van der Waals surface area contributed by atoms with E-state index in [9.17, 15) is 14.0 Å². The van der Waals surface area contributed by atoms with Crippen molar-refractivity contribution in [3.8, 4) is 5.75 Å². The van der Waals surface area contributed by atoms with Crippen LogP contribution in [0.5, 0.6) is 5.75 Å². The van der Waals surface area contributed by atoms with Crippen molar-refractivity contribution in [3.63, 3.8) is 0 Å². The van der Waals surface area contributed by atoms with Crippen LogP contribution in [-0.4, -0.2) is 43.6 Å². The Bertz CT molecular complexity index is 624. The van der Waals surface area contributed by atoms with Crippen LogP contribution in [0.2, 0.25) is 0 Å². The van der Waals surface area contributed by atoms with Gasteiger partial charge in [-0.1, -0.05) is 20.8 Å². The zero-order valence-electron chi connectivity index (χ0n) is 14.6. The molecule has 6 heteroatoms. The molecule has 1 aromatic carbocycles. The monoisotopic (exact) mass is 337 g/mol. The number of halogens is 1. The van der Waals surface area contributed by atoms with Crippen molar-refractivity contribution in [2.75, 3.05) is 26.8 Å². The van der Waals surface area contributed by atoms with Gasteiger partial charge in [0, 0.05) is 24.6 Å². The predicted octanol–water partition coefficient (Wildman–Crippen LogP) is 2.52. The van der Waals surface area contributed by atoms with Crippen LogP contribution in [0.1, 0.15) is 32.8 Å². The largest absolute Gasteiger partial charge is 0.493 e. The number of hydrogen-bond acceptors (Lipinski definition) is 4. The standard InChI is InChI=1S/C18H24FNO4/c1-18(2,3)14-9-13(19)5-6-15(14)24-11-12-7-8-20(10-12)16(21)17(22)23-4/h5-6,9,12H,7-8,10-11H2,1-4H3. The first-order valence-corrected chi connectivity index (χ1v) is 8.02. The smallest absolute Gasteiger partial charge is 0.396 e.